The van der Waals surface area contributed by atoms with Crippen molar-refractivity contribution >= 4 is 0 Å². The van der Waals surface area contributed by atoms with Crippen LogP contribution in [0, 0.1) is 0 Å². The van der Waals surface area contributed by atoms with Gasteiger partial charge >= 0.3 is 0 Å². The predicted octanol–water partition coefficient (Wildman–Crippen LogP) is 2.82. The van der Waals surface area contributed by atoms with Crippen molar-refractivity contribution < 1.29 is 9.47 Å². The minimum Gasteiger partial charge on any atom is -0.378 e. The van der Waals surface area contributed by atoms with E-state index < -0.39 is 0 Å². The van der Waals surface area contributed by atoms with E-state index in [1.807, 2.05) is 0 Å². The summed E-state index contributed by atoms with van der Waals surface area (Å²) >= 11 is 0. The number of hydrogen-bond donors (Lipinski definition) is 4. The number of piperidine rings is 2. The van der Waals surface area contributed by atoms with Crippen molar-refractivity contribution in [3.8, 4) is 0 Å². The normalized spacial score (nSPS) is 26.0. The molecule has 0 aromatic rings. The van der Waals surface area contributed by atoms with Crippen LogP contribution in [0.15, 0.2) is 0 Å². The molecule has 4 N–H and O–H groups in total. The molecular weight excluding hydrogens is 376 g/mol. The molecule has 2 rings (SSSR count). The maximum absolute atomic E-state index is 5.75. The second-order valence-electron chi connectivity index (χ2n) is 12.1. The third kappa shape index (κ3) is 9.92. The van der Waals surface area contributed by atoms with Gasteiger partial charge in [-0.2, -0.15) is 0 Å². The Morgan fingerprint density at radius 2 is 0.867 bits per heavy atom. The highest BCUT2D eigenvalue weighted by Gasteiger charge is 2.38. The summed E-state index contributed by atoms with van der Waals surface area (Å²) in [5, 5.41) is 14.8. The zero-order valence-corrected chi connectivity index (χ0v) is 21.0. The molecule has 6 nitrogen and oxygen atoms in total. The Labute approximate surface area is 186 Å². The summed E-state index contributed by atoms with van der Waals surface area (Å²) in [6, 6.07) is 1.10. The maximum Gasteiger partial charge on any atom is 0.0701 e. The standard InChI is InChI=1S/C24H50N4O2/c1-21(2)15-19(16-22(3,4)27-21)25-9-11-29-13-14-30-12-10-26-20-17-23(5,6)28-24(7,8)18-20/h19-20,25-28H,9-18H2,1-8H3. The lowest BCUT2D eigenvalue weighted by Crippen LogP contribution is -2.61. The fourth-order valence-electron chi connectivity index (χ4n) is 5.93. The molecular formula is C24H50N4O2. The molecule has 0 radical (unpaired) electrons. The second-order valence-corrected chi connectivity index (χ2v) is 12.1. The SMILES string of the molecule is CC1(C)CC(NCCOCCOCCNC2CC(C)(C)NC(C)(C)C2)CC(C)(C)N1. The van der Waals surface area contributed by atoms with Crippen LogP contribution in [0.2, 0.25) is 0 Å². The summed E-state index contributed by atoms with van der Waals surface area (Å²) in [6.07, 6.45) is 4.60. The number of ether oxygens (including phenoxy) is 2. The van der Waals surface area contributed by atoms with Crippen LogP contribution in [0.3, 0.4) is 0 Å². The van der Waals surface area contributed by atoms with Crippen molar-refractivity contribution in [3.63, 3.8) is 0 Å². The predicted molar refractivity (Wildman–Crippen MR) is 126 cm³/mol. The molecule has 0 spiro atoms. The Morgan fingerprint density at radius 1 is 0.567 bits per heavy atom. The van der Waals surface area contributed by atoms with Gasteiger partial charge in [-0.05, 0) is 81.1 Å². The van der Waals surface area contributed by atoms with Crippen LogP contribution < -0.4 is 21.3 Å². The average molecular weight is 427 g/mol. The van der Waals surface area contributed by atoms with Crippen LogP contribution in [0.4, 0.5) is 0 Å². The molecule has 0 unspecified atom stereocenters. The largest absolute Gasteiger partial charge is 0.378 e. The van der Waals surface area contributed by atoms with Gasteiger partial charge in [0.25, 0.3) is 0 Å². The molecule has 0 aromatic carbocycles. The van der Waals surface area contributed by atoms with E-state index in [2.05, 4.69) is 76.7 Å². The minimum atomic E-state index is 0.182. The van der Waals surface area contributed by atoms with Crippen LogP contribution in [0.5, 0.6) is 0 Å². The van der Waals surface area contributed by atoms with E-state index in [0.717, 1.165) is 52.0 Å². The quantitative estimate of drug-likeness (QED) is 0.381. The fraction of sp³-hybridized carbons (Fsp3) is 1.00. The molecule has 2 fully saturated rings. The second kappa shape index (κ2) is 10.6. The van der Waals surface area contributed by atoms with Gasteiger partial charge in [-0.1, -0.05) is 0 Å². The van der Waals surface area contributed by atoms with Gasteiger partial charge in [0.15, 0.2) is 0 Å². The molecule has 0 aliphatic carbocycles. The molecule has 0 saturated carbocycles. The van der Waals surface area contributed by atoms with E-state index in [4.69, 9.17) is 9.47 Å². The summed E-state index contributed by atoms with van der Waals surface area (Å²) in [5.74, 6) is 0. The average Bonchev–Trinajstić information content (AvgIpc) is 2.50. The van der Waals surface area contributed by atoms with Gasteiger partial charge in [-0.25, -0.2) is 0 Å². The van der Waals surface area contributed by atoms with Crippen LogP contribution in [-0.4, -0.2) is 73.8 Å². The van der Waals surface area contributed by atoms with Crippen LogP contribution in [0.1, 0.15) is 81.1 Å². The van der Waals surface area contributed by atoms with Gasteiger partial charge in [0, 0.05) is 47.3 Å². The number of rotatable bonds is 11. The van der Waals surface area contributed by atoms with Gasteiger partial charge in [-0.3, -0.25) is 0 Å². The zero-order valence-electron chi connectivity index (χ0n) is 21.0. The molecule has 6 heteroatoms. The highest BCUT2D eigenvalue weighted by molar-refractivity contribution is 5.00. The van der Waals surface area contributed by atoms with E-state index in [-0.39, 0.29) is 22.2 Å². The van der Waals surface area contributed by atoms with Crippen molar-refractivity contribution in [2.45, 2.75) is 115 Å². The maximum atomic E-state index is 5.75. The third-order valence-corrected chi connectivity index (χ3v) is 6.11. The molecule has 0 amide bonds. The number of nitrogens with one attached hydrogen (secondary N) is 4. The van der Waals surface area contributed by atoms with Crippen molar-refractivity contribution in [3.05, 3.63) is 0 Å². The molecule has 0 bridgehead atoms. The first kappa shape index (κ1) is 26.0. The van der Waals surface area contributed by atoms with E-state index in [9.17, 15) is 0 Å². The first-order valence-corrected chi connectivity index (χ1v) is 12.0. The smallest absolute Gasteiger partial charge is 0.0701 e. The van der Waals surface area contributed by atoms with Gasteiger partial charge in [-0.15, -0.1) is 0 Å². The Hall–Kier alpha value is -0.240. The molecule has 2 heterocycles. The molecule has 0 aromatic heterocycles. The lowest BCUT2D eigenvalue weighted by atomic mass is 9.79. The van der Waals surface area contributed by atoms with Gasteiger partial charge in [0.1, 0.15) is 0 Å². The van der Waals surface area contributed by atoms with E-state index in [1.165, 1.54) is 0 Å². The first-order chi connectivity index (χ1) is 13.8. The first-order valence-electron chi connectivity index (χ1n) is 12.0. The van der Waals surface area contributed by atoms with E-state index >= 15 is 0 Å². The molecule has 30 heavy (non-hydrogen) atoms. The Balaban J connectivity index is 1.46. The van der Waals surface area contributed by atoms with Crippen molar-refractivity contribution in [2.24, 2.45) is 0 Å². The molecule has 2 saturated heterocycles. The molecule has 2 aliphatic rings. The fourth-order valence-corrected chi connectivity index (χ4v) is 5.93. The highest BCUT2D eigenvalue weighted by atomic mass is 16.5. The minimum absolute atomic E-state index is 0.182. The summed E-state index contributed by atoms with van der Waals surface area (Å²) in [6.45, 7) is 22.9. The monoisotopic (exact) mass is 426 g/mol. The van der Waals surface area contributed by atoms with Gasteiger partial charge in [0.05, 0.1) is 26.4 Å². The summed E-state index contributed by atoms with van der Waals surface area (Å²) in [4.78, 5) is 0. The topological polar surface area (TPSA) is 66.6 Å². The summed E-state index contributed by atoms with van der Waals surface area (Å²) in [5.41, 5.74) is 0.729. The van der Waals surface area contributed by atoms with Crippen molar-refractivity contribution in [2.75, 3.05) is 39.5 Å². The summed E-state index contributed by atoms with van der Waals surface area (Å²) in [7, 11) is 0. The van der Waals surface area contributed by atoms with Gasteiger partial charge in [0.2, 0.25) is 0 Å². The Kier molecular flexibility index (Phi) is 9.18. The van der Waals surface area contributed by atoms with Crippen molar-refractivity contribution in [1.82, 2.24) is 21.3 Å². The lowest BCUT2D eigenvalue weighted by molar-refractivity contribution is 0.0452. The highest BCUT2D eigenvalue weighted by Crippen LogP contribution is 2.29. The molecule has 2 aliphatic heterocycles. The van der Waals surface area contributed by atoms with Crippen LogP contribution in [-0.2, 0) is 9.47 Å². The van der Waals surface area contributed by atoms with Crippen molar-refractivity contribution in [1.29, 1.82) is 0 Å². The van der Waals surface area contributed by atoms with Crippen LogP contribution in [0.25, 0.3) is 0 Å². The molecule has 0 atom stereocenters. The lowest BCUT2D eigenvalue weighted by Gasteiger charge is -2.46. The Morgan fingerprint density at radius 3 is 1.17 bits per heavy atom. The Bertz CT molecular complexity index is 441. The zero-order chi connectivity index (χ0) is 22.5. The van der Waals surface area contributed by atoms with E-state index in [0.29, 0.717) is 25.3 Å². The third-order valence-electron chi connectivity index (χ3n) is 6.11. The van der Waals surface area contributed by atoms with E-state index in [1.54, 1.807) is 0 Å². The molecule has 178 valence electrons. The number of hydrogen-bond acceptors (Lipinski definition) is 6. The summed E-state index contributed by atoms with van der Waals surface area (Å²) < 4.78 is 11.5. The van der Waals surface area contributed by atoms with Crippen LogP contribution >= 0.6 is 0 Å². The van der Waals surface area contributed by atoms with Gasteiger partial charge < -0.3 is 30.7 Å².